The molecule has 0 radical (unpaired) electrons. The molecule has 0 aliphatic carbocycles. The minimum absolute atomic E-state index is 0.201. The van der Waals surface area contributed by atoms with E-state index < -0.39 is 0 Å². The van der Waals surface area contributed by atoms with Crippen molar-refractivity contribution in [1.82, 2.24) is 14.8 Å². The highest BCUT2D eigenvalue weighted by Crippen LogP contribution is 2.27. The second-order valence-corrected chi connectivity index (χ2v) is 6.66. The molecule has 0 bridgehead atoms. The van der Waals surface area contributed by atoms with Crippen LogP contribution in [0, 0.1) is 12.3 Å². The van der Waals surface area contributed by atoms with Gasteiger partial charge in [-0.15, -0.1) is 10.2 Å². The largest absolute Gasteiger partial charge is 0.469 e. The van der Waals surface area contributed by atoms with Gasteiger partial charge in [-0.05, 0) is 13.0 Å². The standard InChI is InChI=1S/C14H19N3O2S/c1-9-10(6-7-19-9)12-15-16-13(17(12)5)20-8-11(18)14(2,3)4/h6-7H,8H2,1-5H3. The molecule has 0 saturated carbocycles. The van der Waals surface area contributed by atoms with E-state index in [-0.39, 0.29) is 11.2 Å². The number of furan rings is 1. The number of hydrogen-bond donors (Lipinski definition) is 0. The first-order valence-corrected chi connectivity index (χ1v) is 7.39. The smallest absolute Gasteiger partial charge is 0.191 e. The molecule has 0 spiro atoms. The number of carbonyl (C=O) groups excluding carboxylic acids is 1. The second-order valence-electron chi connectivity index (χ2n) is 5.72. The summed E-state index contributed by atoms with van der Waals surface area (Å²) < 4.78 is 7.17. The van der Waals surface area contributed by atoms with Crippen LogP contribution in [0.5, 0.6) is 0 Å². The first-order valence-electron chi connectivity index (χ1n) is 6.40. The maximum atomic E-state index is 11.9. The molecule has 0 aliphatic heterocycles. The SMILES string of the molecule is Cc1occc1-c1nnc(SCC(=O)C(C)(C)C)n1C. The van der Waals surface area contributed by atoms with Crippen molar-refractivity contribution in [2.24, 2.45) is 12.5 Å². The number of aryl methyl sites for hydroxylation is 1. The van der Waals surface area contributed by atoms with Crippen molar-refractivity contribution in [2.75, 3.05) is 5.75 Å². The first kappa shape index (κ1) is 14.8. The van der Waals surface area contributed by atoms with E-state index in [1.54, 1.807) is 6.26 Å². The lowest BCUT2D eigenvalue weighted by Crippen LogP contribution is -2.22. The van der Waals surface area contributed by atoms with Crippen LogP contribution < -0.4 is 0 Å². The normalized spacial score (nSPS) is 11.8. The molecule has 0 aromatic carbocycles. The molecular weight excluding hydrogens is 274 g/mol. The van der Waals surface area contributed by atoms with E-state index in [2.05, 4.69) is 10.2 Å². The Labute approximate surface area is 122 Å². The molecule has 0 aliphatic rings. The monoisotopic (exact) mass is 293 g/mol. The first-order chi connectivity index (χ1) is 9.30. The Balaban J connectivity index is 2.14. The molecule has 0 atom stereocenters. The van der Waals surface area contributed by atoms with Crippen LogP contribution >= 0.6 is 11.8 Å². The Morgan fingerprint density at radius 2 is 2.10 bits per heavy atom. The summed E-state index contributed by atoms with van der Waals surface area (Å²) in [4.78, 5) is 11.9. The minimum atomic E-state index is -0.324. The molecule has 2 rings (SSSR count). The Hall–Kier alpha value is -1.56. The highest BCUT2D eigenvalue weighted by atomic mass is 32.2. The summed E-state index contributed by atoms with van der Waals surface area (Å²) in [7, 11) is 1.89. The van der Waals surface area contributed by atoms with Gasteiger partial charge in [0.15, 0.2) is 11.0 Å². The van der Waals surface area contributed by atoms with Crippen molar-refractivity contribution in [1.29, 1.82) is 0 Å². The van der Waals surface area contributed by atoms with Crippen molar-refractivity contribution >= 4 is 17.5 Å². The molecule has 5 nitrogen and oxygen atoms in total. The molecule has 6 heteroatoms. The molecule has 0 amide bonds. The Bertz CT molecular complexity index is 623. The fourth-order valence-corrected chi connectivity index (χ4v) is 2.71. The van der Waals surface area contributed by atoms with Gasteiger partial charge in [-0.2, -0.15) is 0 Å². The molecule has 2 aromatic heterocycles. The number of carbonyl (C=O) groups is 1. The van der Waals surface area contributed by atoms with Gasteiger partial charge in [0.05, 0.1) is 17.6 Å². The Morgan fingerprint density at radius 3 is 2.65 bits per heavy atom. The van der Waals surface area contributed by atoms with Crippen LogP contribution in [-0.2, 0) is 11.8 Å². The van der Waals surface area contributed by atoms with Crippen LogP contribution in [0.3, 0.4) is 0 Å². The molecule has 0 N–H and O–H groups in total. The van der Waals surface area contributed by atoms with Crippen LogP contribution in [0.2, 0.25) is 0 Å². The number of rotatable bonds is 4. The molecule has 0 unspecified atom stereocenters. The van der Waals surface area contributed by atoms with E-state index in [9.17, 15) is 4.79 Å². The van der Waals surface area contributed by atoms with Crippen LogP contribution in [0.15, 0.2) is 21.9 Å². The highest BCUT2D eigenvalue weighted by Gasteiger charge is 2.22. The van der Waals surface area contributed by atoms with Gasteiger partial charge < -0.3 is 8.98 Å². The topological polar surface area (TPSA) is 60.9 Å². The van der Waals surface area contributed by atoms with Crippen LogP contribution in [-0.4, -0.2) is 26.3 Å². The quantitative estimate of drug-likeness (QED) is 0.811. The maximum absolute atomic E-state index is 11.9. The summed E-state index contributed by atoms with van der Waals surface area (Å²) in [5.74, 6) is 2.16. The van der Waals surface area contributed by atoms with Gasteiger partial charge in [0.2, 0.25) is 0 Å². The van der Waals surface area contributed by atoms with E-state index in [0.717, 1.165) is 22.3 Å². The zero-order valence-electron chi connectivity index (χ0n) is 12.4. The molecule has 0 fully saturated rings. The summed E-state index contributed by atoms with van der Waals surface area (Å²) in [6.07, 6.45) is 1.63. The molecule has 20 heavy (non-hydrogen) atoms. The number of ketones is 1. The summed E-state index contributed by atoms with van der Waals surface area (Å²) in [5.41, 5.74) is 0.601. The average molecular weight is 293 g/mol. The van der Waals surface area contributed by atoms with E-state index in [1.165, 1.54) is 11.8 Å². The molecule has 108 valence electrons. The fourth-order valence-electron chi connectivity index (χ4n) is 1.64. The average Bonchev–Trinajstić information content (AvgIpc) is 2.91. The molecule has 2 heterocycles. The van der Waals surface area contributed by atoms with Gasteiger partial charge in [0.1, 0.15) is 11.5 Å². The zero-order valence-corrected chi connectivity index (χ0v) is 13.2. The molecular formula is C14H19N3O2S. The van der Waals surface area contributed by atoms with Gasteiger partial charge in [-0.25, -0.2) is 0 Å². The fraction of sp³-hybridized carbons (Fsp3) is 0.500. The minimum Gasteiger partial charge on any atom is -0.469 e. The van der Waals surface area contributed by atoms with Crippen molar-refractivity contribution in [3.8, 4) is 11.4 Å². The van der Waals surface area contributed by atoms with E-state index >= 15 is 0 Å². The zero-order chi connectivity index (χ0) is 14.9. The van der Waals surface area contributed by atoms with Crippen molar-refractivity contribution < 1.29 is 9.21 Å². The van der Waals surface area contributed by atoms with Gasteiger partial charge in [0.25, 0.3) is 0 Å². The van der Waals surface area contributed by atoms with Crippen LogP contribution in [0.4, 0.5) is 0 Å². The Kier molecular flexibility index (Phi) is 4.04. The second kappa shape index (κ2) is 5.44. The van der Waals surface area contributed by atoms with Gasteiger partial charge in [0, 0.05) is 12.5 Å². The summed E-state index contributed by atoms with van der Waals surface area (Å²) in [5, 5.41) is 9.06. The van der Waals surface area contributed by atoms with E-state index in [4.69, 9.17) is 4.42 Å². The number of aromatic nitrogens is 3. The number of hydrogen-bond acceptors (Lipinski definition) is 5. The van der Waals surface area contributed by atoms with Crippen molar-refractivity contribution in [2.45, 2.75) is 32.9 Å². The highest BCUT2D eigenvalue weighted by molar-refractivity contribution is 7.99. The summed E-state index contributed by atoms with van der Waals surface area (Å²) >= 11 is 1.42. The van der Waals surface area contributed by atoms with Crippen LogP contribution in [0.25, 0.3) is 11.4 Å². The van der Waals surface area contributed by atoms with Crippen LogP contribution in [0.1, 0.15) is 26.5 Å². The third-order valence-electron chi connectivity index (χ3n) is 3.10. The number of thioether (sulfide) groups is 1. The predicted molar refractivity (Wildman–Crippen MR) is 78.6 cm³/mol. The number of nitrogens with zero attached hydrogens (tertiary/aromatic N) is 3. The van der Waals surface area contributed by atoms with Crippen molar-refractivity contribution in [3.05, 3.63) is 18.1 Å². The Morgan fingerprint density at radius 1 is 1.40 bits per heavy atom. The lowest BCUT2D eigenvalue weighted by Gasteiger charge is -2.15. The number of Topliss-reactive ketones (excluding diaryl/α,β-unsaturated/α-hetero) is 1. The van der Waals surface area contributed by atoms with E-state index in [1.807, 2.05) is 45.4 Å². The lowest BCUT2D eigenvalue weighted by molar-refractivity contribution is -0.123. The lowest BCUT2D eigenvalue weighted by atomic mass is 9.92. The third kappa shape index (κ3) is 2.95. The van der Waals surface area contributed by atoms with Gasteiger partial charge in [-0.3, -0.25) is 4.79 Å². The maximum Gasteiger partial charge on any atom is 0.191 e. The van der Waals surface area contributed by atoms with Gasteiger partial charge in [-0.1, -0.05) is 32.5 Å². The summed E-state index contributed by atoms with van der Waals surface area (Å²) in [6, 6.07) is 1.87. The summed E-state index contributed by atoms with van der Waals surface area (Å²) in [6.45, 7) is 7.66. The molecule has 2 aromatic rings. The van der Waals surface area contributed by atoms with Gasteiger partial charge >= 0.3 is 0 Å². The van der Waals surface area contributed by atoms with Crippen molar-refractivity contribution in [3.63, 3.8) is 0 Å². The predicted octanol–water partition coefficient (Wildman–Crippen LogP) is 3.09. The third-order valence-corrected chi connectivity index (χ3v) is 4.12. The molecule has 0 saturated heterocycles. The van der Waals surface area contributed by atoms with E-state index in [0.29, 0.717) is 5.75 Å².